The molecule has 0 saturated carbocycles. The maximum Gasteiger partial charge on any atom is 0.110 e. The van der Waals surface area contributed by atoms with Crippen LogP contribution in [0.3, 0.4) is 0 Å². The van der Waals surface area contributed by atoms with E-state index in [1.54, 1.807) is 0 Å². The predicted molar refractivity (Wildman–Crippen MR) is 75.2 cm³/mol. The van der Waals surface area contributed by atoms with Crippen LogP contribution in [0, 0.1) is 5.92 Å². The summed E-state index contributed by atoms with van der Waals surface area (Å²) in [6.07, 6.45) is 1.04. The van der Waals surface area contributed by atoms with Gasteiger partial charge < -0.3 is 9.88 Å². The molecule has 1 aromatic carbocycles. The average Bonchev–Trinajstić information content (AvgIpc) is 2.63. The average molecular weight is 264 g/mol. The standard InChI is InChI=1S/C14H18ClN3/c1-9(2)18-13(6-10-7-16-8-10)17-12-5-3-4-11(15)14(12)18/h3-5,9-10,16H,6-8H2,1-2H3. The third kappa shape index (κ3) is 1.91. The summed E-state index contributed by atoms with van der Waals surface area (Å²) >= 11 is 6.33. The summed E-state index contributed by atoms with van der Waals surface area (Å²) in [6, 6.07) is 6.34. The second-order valence-electron chi connectivity index (χ2n) is 5.33. The van der Waals surface area contributed by atoms with Crippen molar-refractivity contribution >= 4 is 22.6 Å². The van der Waals surface area contributed by atoms with Crippen LogP contribution in [-0.4, -0.2) is 22.6 Å². The molecule has 0 amide bonds. The summed E-state index contributed by atoms with van der Waals surface area (Å²) in [6.45, 7) is 6.59. The van der Waals surface area contributed by atoms with E-state index in [1.807, 2.05) is 18.2 Å². The van der Waals surface area contributed by atoms with Gasteiger partial charge in [0.25, 0.3) is 0 Å². The minimum Gasteiger partial charge on any atom is -0.324 e. The molecule has 18 heavy (non-hydrogen) atoms. The number of nitrogens with zero attached hydrogens (tertiary/aromatic N) is 2. The molecule has 0 atom stereocenters. The Hall–Kier alpha value is -1.06. The van der Waals surface area contributed by atoms with Gasteiger partial charge in [-0.05, 0) is 45.0 Å². The number of aromatic nitrogens is 2. The number of para-hydroxylation sites is 1. The number of hydrogen-bond acceptors (Lipinski definition) is 2. The van der Waals surface area contributed by atoms with Crippen molar-refractivity contribution in [1.29, 1.82) is 0 Å². The molecule has 2 aromatic rings. The summed E-state index contributed by atoms with van der Waals surface area (Å²) < 4.78 is 2.29. The third-order valence-electron chi connectivity index (χ3n) is 3.59. The van der Waals surface area contributed by atoms with Crippen LogP contribution in [0.15, 0.2) is 18.2 Å². The number of nitrogens with one attached hydrogen (secondary N) is 1. The Kier molecular flexibility index (Phi) is 3.04. The van der Waals surface area contributed by atoms with Gasteiger partial charge in [-0.15, -0.1) is 0 Å². The highest BCUT2D eigenvalue weighted by atomic mass is 35.5. The molecule has 3 nitrogen and oxygen atoms in total. The molecule has 1 aliphatic rings. The van der Waals surface area contributed by atoms with Crippen LogP contribution >= 0.6 is 11.6 Å². The zero-order valence-corrected chi connectivity index (χ0v) is 11.5. The molecule has 1 saturated heterocycles. The van der Waals surface area contributed by atoms with Crippen LogP contribution in [0.5, 0.6) is 0 Å². The first-order chi connectivity index (χ1) is 8.66. The Morgan fingerprint density at radius 2 is 2.22 bits per heavy atom. The third-order valence-corrected chi connectivity index (χ3v) is 3.89. The minimum atomic E-state index is 0.387. The maximum absolute atomic E-state index is 6.33. The highest BCUT2D eigenvalue weighted by Crippen LogP contribution is 2.29. The van der Waals surface area contributed by atoms with Gasteiger partial charge in [0.15, 0.2) is 0 Å². The van der Waals surface area contributed by atoms with E-state index in [4.69, 9.17) is 16.6 Å². The molecular weight excluding hydrogens is 246 g/mol. The van der Waals surface area contributed by atoms with Crippen molar-refractivity contribution in [2.24, 2.45) is 5.92 Å². The molecule has 0 aliphatic carbocycles. The lowest BCUT2D eigenvalue weighted by Gasteiger charge is -2.27. The van der Waals surface area contributed by atoms with Gasteiger partial charge in [-0.1, -0.05) is 17.7 Å². The van der Waals surface area contributed by atoms with Gasteiger partial charge >= 0.3 is 0 Å². The maximum atomic E-state index is 6.33. The van der Waals surface area contributed by atoms with Crippen molar-refractivity contribution in [3.8, 4) is 0 Å². The van der Waals surface area contributed by atoms with E-state index in [1.165, 1.54) is 5.82 Å². The quantitative estimate of drug-likeness (QED) is 0.923. The first-order valence-corrected chi connectivity index (χ1v) is 6.90. The molecule has 1 aromatic heterocycles. The van der Waals surface area contributed by atoms with Crippen molar-refractivity contribution < 1.29 is 0 Å². The number of hydrogen-bond donors (Lipinski definition) is 1. The van der Waals surface area contributed by atoms with Crippen LogP contribution < -0.4 is 5.32 Å². The van der Waals surface area contributed by atoms with Gasteiger partial charge in [-0.25, -0.2) is 4.98 Å². The zero-order valence-electron chi connectivity index (χ0n) is 10.8. The first kappa shape index (κ1) is 12.0. The fourth-order valence-corrected chi connectivity index (χ4v) is 2.87. The summed E-state index contributed by atoms with van der Waals surface area (Å²) in [5.41, 5.74) is 2.09. The molecule has 1 fully saturated rings. The largest absolute Gasteiger partial charge is 0.324 e. The Morgan fingerprint density at radius 3 is 2.83 bits per heavy atom. The molecule has 0 unspecified atom stereocenters. The highest BCUT2D eigenvalue weighted by Gasteiger charge is 2.22. The van der Waals surface area contributed by atoms with Crippen LogP contribution in [0.2, 0.25) is 5.02 Å². The number of halogens is 1. The summed E-state index contributed by atoms with van der Waals surface area (Å²) in [5.74, 6) is 1.89. The van der Waals surface area contributed by atoms with Gasteiger partial charge in [0.05, 0.1) is 16.1 Å². The van der Waals surface area contributed by atoms with Crippen molar-refractivity contribution in [3.05, 3.63) is 29.0 Å². The summed E-state index contributed by atoms with van der Waals surface area (Å²) in [5, 5.41) is 4.11. The Morgan fingerprint density at radius 1 is 1.44 bits per heavy atom. The topological polar surface area (TPSA) is 29.9 Å². The number of fused-ring (bicyclic) bond motifs is 1. The van der Waals surface area contributed by atoms with E-state index in [0.29, 0.717) is 6.04 Å². The first-order valence-electron chi connectivity index (χ1n) is 6.53. The van der Waals surface area contributed by atoms with Crippen LogP contribution in [0.4, 0.5) is 0 Å². The van der Waals surface area contributed by atoms with Crippen molar-refractivity contribution in [2.75, 3.05) is 13.1 Å². The van der Waals surface area contributed by atoms with Crippen molar-refractivity contribution in [2.45, 2.75) is 26.3 Å². The molecule has 0 bridgehead atoms. The molecule has 0 radical (unpaired) electrons. The van der Waals surface area contributed by atoms with Gasteiger partial charge in [-0.2, -0.15) is 0 Å². The summed E-state index contributed by atoms with van der Waals surface area (Å²) in [4.78, 5) is 4.77. The van der Waals surface area contributed by atoms with E-state index < -0.39 is 0 Å². The fraction of sp³-hybridized carbons (Fsp3) is 0.500. The van der Waals surface area contributed by atoms with E-state index in [9.17, 15) is 0 Å². The second-order valence-corrected chi connectivity index (χ2v) is 5.73. The lowest BCUT2D eigenvalue weighted by atomic mass is 9.99. The lowest BCUT2D eigenvalue weighted by Crippen LogP contribution is -2.43. The molecule has 0 spiro atoms. The van der Waals surface area contributed by atoms with Gasteiger partial charge in [-0.3, -0.25) is 0 Å². The molecule has 96 valence electrons. The van der Waals surface area contributed by atoms with E-state index in [0.717, 1.165) is 41.5 Å². The van der Waals surface area contributed by atoms with Gasteiger partial charge in [0, 0.05) is 12.5 Å². The number of rotatable bonds is 3. The Balaban J connectivity index is 2.11. The van der Waals surface area contributed by atoms with Crippen molar-refractivity contribution in [1.82, 2.24) is 14.9 Å². The van der Waals surface area contributed by atoms with Crippen molar-refractivity contribution in [3.63, 3.8) is 0 Å². The minimum absolute atomic E-state index is 0.387. The predicted octanol–water partition coefficient (Wildman–Crippen LogP) is 3.03. The van der Waals surface area contributed by atoms with E-state index in [-0.39, 0.29) is 0 Å². The molecule has 4 heteroatoms. The number of imidazole rings is 1. The monoisotopic (exact) mass is 263 g/mol. The highest BCUT2D eigenvalue weighted by molar-refractivity contribution is 6.35. The van der Waals surface area contributed by atoms with Crippen LogP contribution in [0.1, 0.15) is 25.7 Å². The molecule has 1 N–H and O–H groups in total. The van der Waals surface area contributed by atoms with E-state index in [2.05, 4.69) is 23.7 Å². The smallest absolute Gasteiger partial charge is 0.110 e. The lowest BCUT2D eigenvalue weighted by molar-refractivity contribution is 0.335. The Labute approximate surface area is 112 Å². The van der Waals surface area contributed by atoms with Gasteiger partial charge in [0.2, 0.25) is 0 Å². The molecular formula is C14H18ClN3. The number of benzene rings is 1. The van der Waals surface area contributed by atoms with Crippen LogP contribution in [0.25, 0.3) is 11.0 Å². The van der Waals surface area contributed by atoms with Crippen LogP contribution in [-0.2, 0) is 6.42 Å². The molecule has 1 aliphatic heterocycles. The molecule has 2 heterocycles. The SMILES string of the molecule is CC(C)n1c(CC2CNC2)nc2cccc(Cl)c21. The van der Waals surface area contributed by atoms with Gasteiger partial charge in [0.1, 0.15) is 5.82 Å². The second kappa shape index (κ2) is 4.56. The molecule has 3 rings (SSSR count). The zero-order chi connectivity index (χ0) is 12.7. The summed E-state index contributed by atoms with van der Waals surface area (Å²) in [7, 11) is 0. The normalized spacial score (nSPS) is 16.4. The van der Waals surface area contributed by atoms with E-state index >= 15 is 0 Å². The Bertz CT molecular complexity index is 570. The fourth-order valence-electron chi connectivity index (χ4n) is 2.61.